The van der Waals surface area contributed by atoms with Crippen molar-refractivity contribution in [1.29, 1.82) is 0 Å². The summed E-state index contributed by atoms with van der Waals surface area (Å²) in [6.45, 7) is 9.40. The van der Waals surface area contributed by atoms with Gasteiger partial charge in [-0.1, -0.05) is 155 Å². The van der Waals surface area contributed by atoms with Gasteiger partial charge in [0.15, 0.2) is 5.82 Å². The largest absolute Gasteiger partial charge is 0.309 e. The first-order valence-electron chi connectivity index (χ1n) is 19.6. The Balaban J connectivity index is 1.10. The lowest BCUT2D eigenvalue weighted by molar-refractivity contribution is 0.630. The van der Waals surface area contributed by atoms with Crippen molar-refractivity contribution in [3.8, 4) is 45.3 Å². The van der Waals surface area contributed by atoms with Crippen LogP contribution in [-0.2, 0) is 10.8 Å². The van der Waals surface area contributed by atoms with E-state index in [0.717, 1.165) is 28.1 Å². The summed E-state index contributed by atoms with van der Waals surface area (Å²) < 4.78 is 4.96. The lowest BCUT2D eigenvalue weighted by Gasteiger charge is -2.34. The van der Waals surface area contributed by atoms with E-state index in [2.05, 4.69) is 188 Å². The number of aromatic nitrogens is 4. The number of fused-ring (bicyclic) bond motifs is 10. The second kappa shape index (κ2) is 10.9. The minimum Gasteiger partial charge on any atom is -0.309 e. The highest BCUT2D eigenvalue weighted by atomic mass is 15.0. The van der Waals surface area contributed by atoms with Crippen LogP contribution in [0.4, 0.5) is 0 Å². The van der Waals surface area contributed by atoms with Crippen molar-refractivity contribution in [2.75, 3.05) is 0 Å². The monoisotopic (exact) mass is 718 g/mol. The second-order valence-corrected chi connectivity index (χ2v) is 16.7. The van der Waals surface area contributed by atoms with Crippen molar-refractivity contribution < 1.29 is 0 Å². The number of hydrogen-bond donors (Lipinski definition) is 0. The third-order valence-electron chi connectivity index (χ3n) is 12.9. The second-order valence-electron chi connectivity index (χ2n) is 16.7. The van der Waals surface area contributed by atoms with E-state index in [1.807, 2.05) is 6.07 Å². The molecule has 266 valence electrons. The van der Waals surface area contributed by atoms with Gasteiger partial charge in [0.1, 0.15) is 0 Å². The fourth-order valence-electron chi connectivity index (χ4n) is 10.1. The van der Waals surface area contributed by atoms with Gasteiger partial charge in [-0.2, -0.15) is 0 Å². The smallest absolute Gasteiger partial charge is 0.160 e. The molecular weight excluding hydrogens is 681 g/mol. The minimum absolute atomic E-state index is 0.110. The zero-order valence-corrected chi connectivity index (χ0v) is 31.8. The average Bonchev–Trinajstić information content (AvgIpc) is 3.75. The quantitative estimate of drug-likeness (QED) is 0.182. The highest BCUT2D eigenvalue weighted by molar-refractivity contribution is 6.13. The summed E-state index contributed by atoms with van der Waals surface area (Å²) in [6.07, 6.45) is 0. The van der Waals surface area contributed by atoms with E-state index in [0.29, 0.717) is 5.82 Å². The molecule has 3 aromatic heterocycles. The van der Waals surface area contributed by atoms with E-state index < -0.39 is 0 Å². The molecule has 10 aromatic rings. The van der Waals surface area contributed by atoms with Crippen LogP contribution in [0, 0.1) is 0 Å². The zero-order valence-electron chi connectivity index (χ0n) is 31.8. The molecule has 2 aliphatic heterocycles. The molecule has 0 saturated carbocycles. The maximum absolute atomic E-state index is 5.29. The van der Waals surface area contributed by atoms with Gasteiger partial charge in [0.2, 0.25) is 0 Å². The molecule has 0 spiro atoms. The summed E-state index contributed by atoms with van der Waals surface area (Å²) in [5.41, 5.74) is 17.5. The molecule has 12 rings (SSSR count). The summed E-state index contributed by atoms with van der Waals surface area (Å²) in [6, 6.07) is 57.6. The first kappa shape index (κ1) is 31.6. The molecule has 0 aliphatic carbocycles. The van der Waals surface area contributed by atoms with Crippen LogP contribution in [0.2, 0.25) is 0 Å². The molecule has 0 unspecified atom stereocenters. The predicted octanol–water partition coefficient (Wildman–Crippen LogP) is 13.0. The van der Waals surface area contributed by atoms with Crippen molar-refractivity contribution >= 4 is 43.6 Å². The van der Waals surface area contributed by atoms with E-state index in [9.17, 15) is 0 Å². The van der Waals surface area contributed by atoms with Crippen LogP contribution in [-0.4, -0.2) is 19.1 Å². The van der Waals surface area contributed by atoms with E-state index >= 15 is 0 Å². The zero-order chi connectivity index (χ0) is 37.5. The number of hydrogen-bond acceptors (Lipinski definition) is 2. The summed E-state index contributed by atoms with van der Waals surface area (Å²) in [5, 5.41) is 5.06. The molecular formula is C52H38N4. The Labute approximate surface area is 325 Å². The lowest BCUT2D eigenvalue weighted by atomic mass is 9.75. The topological polar surface area (TPSA) is 35.6 Å². The van der Waals surface area contributed by atoms with E-state index in [4.69, 9.17) is 9.97 Å². The summed E-state index contributed by atoms with van der Waals surface area (Å²) in [4.78, 5) is 10.6. The van der Waals surface area contributed by atoms with Gasteiger partial charge in [-0.25, -0.2) is 9.97 Å². The van der Waals surface area contributed by atoms with Crippen LogP contribution < -0.4 is 0 Å². The molecule has 0 bridgehead atoms. The Morgan fingerprint density at radius 3 is 1.32 bits per heavy atom. The van der Waals surface area contributed by atoms with E-state index in [1.54, 1.807) is 0 Å². The standard InChI is InChI=1S/C52H38N4/c1-51(2)38-18-8-10-22-44(38)55-46-28-32(24-26-34(46)36-16-12-20-40(51)48(36)55)42-30-43(54-50(53-42)31-14-6-5-7-15-31)33-25-27-35-37-17-13-21-41-49(37)56(47(35)29-33)45-23-11-9-19-39(45)52(41,3)4/h5-30H,1-4H3. The lowest BCUT2D eigenvalue weighted by Crippen LogP contribution is -2.26. The number of rotatable bonds is 3. The molecule has 0 amide bonds. The molecule has 0 radical (unpaired) electrons. The Kier molecular flexibility index (Phi) is 6.15. The maximum Gasteiger partial charge on any atom is 0.160 e. The molecule has 4 nitrogen and oxygen atoms in total. The van der Waals surface area contributed by atoms with Gasteiger partial charge in [0.05, 0.1) is 44.8 Å². The molecule has 0 fully saturated rings. The van der Waals surface area contributed by atoms with Crippen LogP contribution in [0.5, 0.6) is 0 Å². The summed E-state index contributed by atoms with van der Waals surface area (Å²) in [7, 11) is 0. The molecule has 56 heavy (non-hydrogen) atoms. The maximum atomic E-state index is 5.29. The Hall–Kier alpha value is -6.78. The first-order valence-corrected chi connectivity index (χ1v) is 19.6. The molecule has 7 aromatic carbocycles. The molecule has 4 heteroatoms. The minimum atomic E-state index is -0.110. The highest BCUT2D eigenvalue weighted by Crippen LogP contribution is 2.49. The molecule has 2 aliphatic rings. The molecule has 5 heterocycles. The van der Waals surface area contributed by atoms with E-state index in [1.165, 1.54) is 77.2 Å². The number of para-hydroxylation sites is 4. The van der Waals surface area contributed by atoms with Gasteiger partial charge < -0.3 is 9.13 Å². The molecule has 0 atom stereocenters. The van der Waals surface area contributed by atoms with Crippen molar-refractivity contribution in [1.82, 2.24) is 19.1 Å². The van der Waals surface area contributed by atoms with Crippen LogP contribution in [0.3, 0.4) is 0 Å². The van der Waals surface area contributed by atoms with Crippen molar-refractivity contribution in [2.45, 2.75) is 38.5 Å². The fourth-order valence-corrected chi connectivity index (χ4v) is 10.1. The summed E-state index contributed by atoms with van der Waals surface area (Å²) >= 11 is 0. The average molecular weight is 719 g/mol. The Morgan fingerprint density at radius 1 is 0.375 bits per heavy atom. The first-order chi connectivity index (χ1) is 27.3. The van der Waals surface area contributed by atoms with Gasteiger partial charge in [-0.3, -0.25) is 0 Å². The Morgan fingerprint density at radius 2 is 0.821 bits per heavy atom. The highest BCUT2D eigenvalue weighted by Gasteiger charge is 2.36. The van der Waals surface area contributed by atoms with Gasteiger partial charge in [0.25, 0.3) is 0 Å². The van der Waals surface area contributed by atoms with Crippen molar-refractivity contribution in [3.63, 3.8) is 0 Å². The summed E-state index contributed by atoms with van der Waals surface area (Å²) in [5.74, 6) is 0.713. The SMILES string of the molecule is CC1(C)c2ccccc2-n2c3cc(-c4cc(-c5ccc6c7cccc8c7n(c6c5)-c5ccccc5C8(C)C)nc(-c5ccccc5)n4)ccc3c3cccc1c32. The van der Waals surface area contributed by atoms with Gasteiger partial charge in [0, 0.05) is 49.1 Å². The van der Waals surface area contributed by atoms with E-state index in [-0.39, 0.29) is 10.8 Å². The fraction of sp³-hybridized carbons (Fsp3) is 0.115. The third kappa shape index (κ3) is 4.08. The molecule has 0 saturated heterocycles. The Bertz CT molecular complexity index is 3100. The van der Waals surface area contributed by atoms with Gasteiger partial charge in [-0.05, 0) is 52.6 Å². The van der Waals surface area contributed by atoms with Crippen LogP contribution in [0.15, 0.2) is 158 Å². The number of benzene rings is 7. The van der Waals surface area contributed by atoms with Crippen molar-refractivity contribution in [3.05, 3.63) is 180 Å². The third-order valence-corrected chi connectivity index (χ3v) is 12.9. The van der Waals surface area contributed by atoms with Crippen LogP contribution >= 0.6 is 0 Å². The van der Waals surface area contributed by atoms with Gasteiger partial charge in [-0.15, -0.1) is 0 Å². The normalized spacial score (nSPS) is 14.7. The van der Waals surface area contributed by atoms with Gasteiger partial charge >= 0.3 is 0 Å². The van der Waals surface area contributed by atoms with Crippen LogP contribution in [0.25, 0.3) is 88.9 Å². The number of nitrogens with zero attached hydrogens (tertiary/aromatic N) is 4. The predicted molar refractivity (Wildman–Crippen MR) is 231 cm³/mol. The van der Waals surface area contributed by atoms with Crippen molar-refractivity contribution in [2.24, 2.45) is 0 Å². The van der Waals surface area contributed by atoms with Crippen LogP contribution in [0.1, 0.15) is 49.9 Å². The molecule has 0 N–H and O–H groups in total.